The molecule has 2 heterocycles. The van der Waals surface area contributed by atoms with Crippen molar-refractivity contribution in [2.45, 2.75) is 86.5 Å². The number of hydrogen-bond acceptors (Lipinski definition) is 6. The van der Waals surface area contributed by atoms with Crippen LogP contribution >= 0.6 is 0 Å². The van der Waals surface area contributed by atoms with Gasteiger partial charge < -0.3 is 20.0 Å². The zero-order valence-electron chi connectivity index (χ0n) is 22.4. The molecule has 2 aliphatic carbocycles. The molecule has 8 nitrogen and oxygen atoms in total. The zero-order chi connectivity index (χ0) is 26.5. The summed E-state index contributed by atoms with van der Waals surface area (Å²) < 4.78 is 23.7. The highest BCUT2D eigenvalue weighted by molar-refractivity contribution is 7.91. The van der Waals surface area contributed by atoms with E-state index in [1.54, 1.807) is 0 Å². The van der Waals surface area contributed by atoms with Crippen molar-refractivity contribution in [1.82, 2.24) is 14.7 Å². The summed E-state index contributed by atoms with van der Waals surface area (Å²) in [5, 5.41) is 22.1. The monoisotopic (exact) mass is 533 g/mol. The molecule has 9 heteroatoms. The highest BCUT2D eigenvalue weighted by Crippen LogP contribution is 2.50. The fourth-order valence-corrected chi connectivity index (χ4v) is 8.73. The second kappa shape index (κ2) is 9.50. The van der Waals surface area contributed by atoms with Gasteiger partial charge in [-0.3, -0.25) is 4.90 Å². The third kappa shape index (κ3) is 5.04. The van der Waals surface area contributed by atoms with Crippen molar-refractivity contribution >= 4 is 15.9 Å². The standard InChI is InChI=1S/C28H43N3O5S/c1-29(2)28(23-7-4-3-5-8-23)13-11-25(12-14-28)21-30(24(32)31(25)22-27(34)9-6-10-27)18-15-26(33)16-19-37(35,36)20-17-26/h3-5,7-8,33-34H,6,9-22H2,1-2H3/t25-,28-. The highest BCUT2D eigenvalue weighted by atomic mass is 32.2. The lowest BCUT2D eigenvalue weighted by Gasteiger charge is -2.52. The molecule has 0 unspecified atom stereocenters. The first kappa shape index (κ1) is 26.9. The maximum atomic E-state index is 13.8. The fraction of sp³-hybridized carbons (Fsp3) is 0.750. The Labute approximate surface area is 221 Å². The van der Waals surface area contributed by atoms with Crippen molar-refractivity contribution in [2.24, 2.45) is 0 Å². The molecule has 2 aliphatic heterocycles. The molecule has 0 bridgehead atoms. The van der Waals surface area contributed by atoms with Crippen LogP contribution in [0.5, 0.6) is 0 Å². The van der Waals surface area contributed by atoms with E-state index in [0.29, 0.717) is 26.1 Å². The van der Waals surface area contributed by atoms with Crippen LogP contribution in [-0.4, -0.2) is 101 Å². The van der Waals surface area contributed by atoms with Crippen molar-refractivity contribution in [2.75, 3.05) is 45.2 Å². The summed E-state index contributed by atoms with van der Waals surface area (Å²) in [5.41, 5.74) is -0.975. The van der Waals surface area contributed by atoms with Gasteiger partial charge in [-0.05, 0) is 83.9 Å². The Morgan fingerprint density at radius 3 is 2.05 bits per heavy atom. The van der Waals surface area contributed by atoms with Gasteiger partial charge in [-0.15, -0.1) is 0 Å². The molecule has 37 heavy (non-hydrogen) atoms. The molecule has 1 aromatic rings. The molecule has 1 aromatic carbocycles. The number of β-amino-alcohol motifs (C(OH)–C–C–N with tert-alkyl or cyclic N) is 1. The van der Waals surface area contributed by atoms with Crippen LogP contribution in [0.3, 0.4) is 0 Å². The lowest BCUT2D eigenvalue weighted by atomic mass is 9.67. The minimum atomic E-state index is -3.07. The molecule has 4 fully saturated rings. The van der Waals surface area contributed by atoms with Crippen molar-refractivity contribution in [3.63, 3.8) is 0 Å². The summed E-state index contributed by atoms with van der Waals surface area (Å²) in [5.74, 6) is 0.0132. The molecule has 2 N–H and O–H groups in total. The van der Waals surface area contributed by atoms with Gasteiger partial charge in [-0.1, -0.05) is 30.3 Å². The summed E-state index contributed by atoms with van der Waals surface area (Å²) >= 11 is 0. The van der Waals surface area contributed by atoms with E-state index >= 15 is 0 Å². The zero-order valence-corrected chi connectivity index (χ0v) is 23.2. The summed E-state index contributed by atoms with van der Waals surface area (Å²) in [6, 6.07) is 10.6. The van der Waals surface area contributed by atoms with Crippen LogP contribution in [0.1, 0.15) is 69.8 Å². The SMILES string of the molecule is CN(C)[C@]1(c2ccccc2)CC[C@@]2(CC1)CN(CCC1(O)CCS(=O)(=O)CC1)C(=O)N2CC1(O)CCC1. The number of nitrogens with zero attached hydrogens (tertiary/aromatic N) is 3. The van der Waals surface area contributed by atoms with Crippen LogP contribution in [0.25, 0.3) is 0 Å². The maximum Gasteiger partial charge on any atom is 0.320 e. The quantitative estimate of drug-likeness (QED) is 0.559. The van der Waals surface area contributed by atoms with Crippen LogP contribution in [0.4, 0.5) is 4.79 Å². The molecule has 0 radical (unpaired) electrons. The third-order valence-corrected chi connectivity index (χ3v) is 11.7. The number of rotatable bonds is 7. The Kier molecular flexibility index (Phi) is 6.91. The Hall–Kier alpha value is -1.68. The minimum Gasteiger partial charge on any atom is -0.390 e. The van der Waals surface area contributed by atoms with E-state index in [-0.39, 0.29) is 41.5 Å². The van der Waals surface area contributed by atoms with Gasteiger partial charge in [0.1, 0.15) is 0 Å². The molecule has 2 saturated carbocycles. The molecular weight excluding hydrogens is 490 g/mol. The lowest BCUT2D eigenvalue weighted by molar-refractivity contribution is -0.0725. The molecule has 4 aliphatic rings. The second-order valence-corrected chi connectivity index (χ2v) is 14.8. The number of benzene rings is 1. The first-order chi connectivity index (χ1) is 17.4. The van der Waals surface area contributed by atoms with Crippen molar-refractivity contribution < 1.29 is 23.4 Å². The molecule has 2 saturated heterocycles. The van der Waals surface area contributed by atoms with E-state index in [2.05, 4.69) is 43.3 Å². The minimum absolute atomic E-state index is 0.00659. The third-order valence-electron chi connectivity index (χ3n) is 10.1. The largest absolute Gasteiger partial charge is 0.390 e. The number of urea groups is 1. The number of carbonyl (C=O) groups is 1. The van der Waals surface area contributed by atoms with Gasteiger partial charge in [0, 0.05) is 18.6 Å². The Bertz CT molecular complexity index is 1080. The van der Waals surface area contributed by atoms with Crippen LogP contribution in [0.15, 0.2) is 30.3 Å². The lowest BCUT2D eigenvalue weighted by Crippen LogP contribution is -2.59. The molecule has 206 valence electrons. The van der Waals surface area contributed by atoms with Gasteiger partial charge in [0.2, 0.25) is 0 Å². The van der Waals surface area contributed by atoms with E-state index in [4.69, 9.17) is 0 Å². The number of carbonyl (C=O) groups excluding carboxylic acids is 1. The predicted octanol–water partition coefficient (Wildman–Crippen LogP) is 2.74. The van der Waals surface area contributed by atoms with E-state index in [1.807, 2.05) is 15.9 Å². The molecule has 1 spiro atoms. The van der Waals surface area contributed by atoms with E-state index < -0.39 is 21.0 Å². The Morgan fingerprint density at radius 2 is 1.51 bits per heavy atom. The highest BCUT2D eigenvalue weighted by Gasteiger charge is 2.56. The first-order valence-corrected chi connectivity index (χ1v) is 15.7. The summed E-state index contributed by atoms with van der Waals surface area (Å²) in [6.45, 7) is 1.36. The number of amides is 2. The molecule has 5 rings (SSSR count). The summed E-state index contributed by atoms with van der Waals surface area (Å²) in [6.07, 6.45) is 6.82. The Balaban J connectivity index is 1.34. The van der Waals surface area contributed by atoms with Crippen LogP contribution in [-0.2, 0) is 15.4 Å². The normalized spacial score (nSPS) is 30.0. The van der Waals surface area contributed by atoms with Crippen LogP contribution in [0, 0.1) is 0 Å². The average Bonchev–Trinajstić information content (AvgIpc) is 3.10. The van der Waals surface area contributed by atoms with Crippen LogP contribution in [0.2, 0.25) is 0 Å². The summed E-state index contributed by atoms with van der Waals surface area (Å²) in [4.78, 5) is 19.9. The van der Waals surface area contributed by atoms with Gasteiger partial charge in [-0.25, -0.2) is 13.2 Å². The number of hydrogen-bond donors (Lipinski definition) is 2. The van der Waals surface area contributed by atoms with E-state index in [0.717, 1.165) is 44.9 Å². The fourth-order valence-electron chi connectivity index (χ4n) is 7.14. The van der Waals surface area contributed by atoms with E-state index in [9.17, 15) is 23.4 Å². The van der Waals surface area contributed by atoms with Gasteiger partial charge in [0.05, 0.1) is 34.8 Å². The first-order valence-electron chi connectivity index (χ1n) is 13.8. The number of sulfone groups is 1. The van der Waals surface area contributed by atoms with Crippen LogP contribution < -0.4 is 0 Å². The summed E-state index contributed by atoms with van der Waals surface area (Å²) in [7, 11) is 1.20. The molecule has 2 amide bonds. The second-order valence-electron chi connectivity index (χ2n) is 12.5. The smallest absolute Gasteiger partial charge is 0.320 e. The molecular formula is C28H43N3O5S. The average molecular weight is 534 g/mol. The van der Waals surface area contributed by atoms with Gasteiger partial charge in [0.25, 0.3) is 0 Å². The molecule has 0 atom stereocenters. The molecule has 0 aromatic heterocycles. The van der Waals surface area contributed by atoms with E-state index in [1.165, 1.54) is 5.56 Å². The predicted molar refractivity (Wildman–Crippen MR) is 143 cm³/mol. The van der Waals surface area contributed by atoms with Gasteiger partial charge in [0.15, 0.2) is 9.84 Å². The van der Waals surface area contributed by atoms with Crippen molar-refractivity contribution in [3.05, 3.63) is 35.9 Å². The number of aliphatic hydroxyl groups is 2. The maximum absolute atomic E-state index is 13.8. The Morgan fingerprint density at radius 1 is 0.892 bits per heavy atom. The van der Waals surface area contributed by atoms with Crippen molar-refractivity contribution in [1.29, 1.82) is 0 Å². The van der Waals surface area contributed by atoms with Gasteiger partial charge >= 0.3 is 6.03 Å². The topological polar surface area (TPSA) is 101 Å². The van der Waals surface area contributed by atoms with Crippen molar-refractivity contribution in [3.8, 4) is 0 Å². The van der Waals surface area contributed by atoms with Gasteiger partial charge in [-0.2, -0.15) is 0 Å².